The van der Waals surface area contributed by atoms with Gasteiger partial charge in [0.05, 0.1) is 5.92 Å². The van der Waals surface area contributed by atoms with E-state index in [0.717, 1.165) is 19.3 Å². The molecule has 0 bridgehead atoms. The van der Waals surface area contributed by atoms with Crippen molar-refractivity contribution in [2.75, 3.05) is 0 Å². The van der Waals surface area contributed by atoms with Gasteiger partial charge in [0.15, 0.2) is 5.60 Å². The van der Waals surface area contributed by atoms with Crippen molar-refractivity contribution in [2.45, 2.75) is 51.2 Å². The Morgan fingerprint density at radius 1 is 1.53 bits per heavy atom. The molecule has 3 unspecified atom stereocenters. The summed E-state index contributed by atoms with van der Waals surface area (Å²) < 4.78 is 10.9. The van der Waals surface area contributed by atoms with Gasteiger partial charge in [-0.25, -0.2) is 4.79 Å². The Labute approximate surface area is 101 Å². The summed E-state index contributed by atoms with van der Waals surface area (Å²) in [4.78, 5) is 23.4. The van der Waals surface area contributed by atoms with Crippen LogP contribution in [0.15, 0.2) is 12.2 Å². The number of hydrogen-bond donors (Lipinski definition) is 0. The minimum absolute atomic E-state index is 0.258. The maximum atomic E-state index is 11.7. The topological polar surface area (TPSA) is 52.6 Å². The highest BCUT2D eigenvalue weighted by molar-refractivity contribution is 5.88. The average molecular weight is 238 g/mol. The molecule has 0 aromatic carbocycles. The van der Waals surface area contributed by atoms with Gasteiger partial charge in [-0.3, -0.25) is 4.79 Å². The van der Waals surface area contributed by atoms with Crippen molar-refractivity contribution in [3.8, 4) is 0 Å². The van der Waals surface area contributed by atoms with E-state index in [1.807, 2.05) is 0 Å². The molecule has 94 valence electrons. The summed E-state index contributed by atoms with van der Waals surface area (Å²) in [5.41, 5.74) is -0.402. The Balaban J connectivity index is 2.26. The zero-order valence-electron chi connectivity index (χ0n) is 10.3. The predicted octanol–water partition coefficient (Wildman–Crippen LogP) is 1.98. The lowest BCUT2D eigenvalue weighted by Crippen LogP contribution is -2.49. The minimum atomic E-state index is -0.759. The van der Waals surface area contributed by atoms with Gasteiger partial charge >= 0.3 is 11.9 Å². The van der Waals surface area contributed by atoms with Gasteiger partial charge in [0.2, 0.25) is 0 Å². The first-order valence-corrected chi connectivity index (χ1v) is 6.07. The third-order valence-electron chi connectivity index (χ3n) is 3.80. The zero-order chi connectivity index (χ0) is 12.6. The van der Waals surface area contributed by atoms with Crippen molar-refractivity contribution in [3.05, 3.63) is 12.2 Å². The van der Waals surface area contributed by atoms with Crippen molar-refractivity contribution < 1.29 is 19.1 Å². The van der Waals surface area contributed by atoms with Crippen LogP contribution in [0.25, 0.3) is 0 Å². The van der Waals surface area contributed by atoms with E-state index in [4.69, 9.17) is 9.47 Å². The fraction of sp³-hybridized carbons (Fsp3) is 0.692. The fourth-order valence-electron chi connectivity index (χ4n) is 2.70. The molecule has 2 aliphatic rings. The Hall–Kier alpha value is -1.32. The van der Waals surface area contributed by atoms with Crippen LogP contribution in [0.5, 0.6) is 0 Å². The molecule has 0 radical (unpaired) electrons. The van der Waals surface area contributed by atoms with Crippen LogP contribution in [-0.2, 0) is 19.1 Å². The van der Waals surface area contributed by atoms with Crippen LogP contribution in [0.1, 0.15) is 39.5 Å². The first-order chi connectivity index (χ1) is 7.97. The van der Waals surface area contributed by atoms with Crippen molar-refractivity contribution in [3.63, 3.8) is 0 Å². The molecule has 0 amide bonds. The van der Waals surface area contributed by atoms with Crippen LogP contribution < -0.4 is 0 Å². The van der Waals surface area contributed by atoms with Gasteiger partial charge in [0, 0.05) is 5.57 Å². The van der Waals surface area contributed by atoms with E-state index >= 15 is 0 Å². The maximum Gasteiger partial charge on any atom is 0.333 e. The Morgan fingerprint density at radius 3 is 2.88 bits per heavy atom. The van der Waals surface area contributed by atoms with Crippen molar-refractivity contribution in [1.29, 1.82) is 0 Å². The third-order valence-corrected chi connectivity index (χ3v) is 3.80. The molecule has 3 atom stereocenters. The highest BCUT2D eigenvalue weighted by atomic mass is 16.6. The monoisotopic (exact) mass is 238 g/mol. The summed E-state index contributed by atoms with van der Waals surface area (Å²) in [6, 6.07) is 0. The molecule has 0 N–H and O–H groups in total. The summed E-state index contributed by atoms with van der Waals surface area (Å²) in [5, 5.41) is 0. The van der Waals surface area contributed by atoms with Crippen LogP contribution in [0.2, 0.25) is 0 Å². The molecule has 4 nitrogen and oxygen atoms in total. The first kappa shape index (κ1) is 12.1. The first-order valence-electron chi connectivity index (χ1n) is 6.07. The molecule has 1 aliphatic heterocycles. The van der Waals surface area contributed by atoms with Gasteiger partial charge in [0.1, 0.15) is 6.10 Å². The molecule has 0 aromatic heterocycles. The number of carbonyl (C=O) groups is 2. The number of ether oxygens (including phenoxy) is 2. The summed E-state index contributed by atoms with van der Waals surface area (Å²) in [5.74, 6) is -1.07. The van der Waals surface area contributed by atoms with E-state index in [0.29, 0.717) is 12.0 Å². The van der Waals surface area contributed by atoms with Crippen molar-refractivity contribution in [2.24, 2.45) is 5.92 Å². The van der Waals surface area contributed by atoms with Crippen molar-refractivity contribution in [1.82, 2.24) is 0 Å². The number of fused-ring (bicyclic) bond motifs is 1. The van der Waals surface area contributed by atoms with Crippen LogP contribution in [0, 0.1) is 5.92 Å². The smallest absolute Gasteiger partial charge is 0.333 e. The number of carbonyl (C=O) groups excluding carboxylic acids is 2. The lowest BCUT2D eigenvalue weighted by molar-refractivity contribution is -0.170. The fourth-order valence-corrected chi connectivity index (χ4v) is 2.70. The maximum absolute atomic E-state index is 11.7. The largest absolute Gasteiger partial charge is 0.458 e. The third kappa shape index (κ3) is 1.85. The van der Waals surface area contributed by atoms with Crippen LogP contribution in [0.3, 0.4) is 0 Å². The van der Waals surface area contributed by atoms with E-state index in [1.54, 1.807) is 13.8 Å². The van der Waals surface area contributed by atoms with E-state index in [1.165, 1.54) is 0 Å². The van der Waals surface area contributed by atoms with E-state index in [-0.39, 0.29) is 18.0 Å². The normalized spacial score (nSPS) is 36.0. The molecule has 4 heteroatoms. The molecule has 1 saturated heterocycles. The van der Waals surface area contributed by atoms with Crippen molar-refractivity contribution >= 4 is 11.9 Å². The van der Waals surface area contributed by atoms with Gasteiger partial charge in [-0.1, -0.05) is 6.58 Å². The highest BCUT2D eigenvalue weighted by Crippen LogP contribution is 2.45. The second kappa shape index (κ2) is 4.17. The van der Waals surface area contributed by atoms with E-state index < -0.39 is 11.6 Å². The molecule has 2 rings (SSSR count). The second-order valence-corrected chi connectivity index (χ2v) is 5.02. The molecule has 1 saturated carbocycles. The second-order valence-electron chi connectivity index (χ2n) is 5.02. The SMILES string of the molecule is C=C(C)C(=O)OC12CCCCC1OC(=O)C2C. The van der Waals surface area contributed by atoms with Gasteiger partial charge < -0.3 is 9.47 Å². The summed E-state index contributed by atoms with van der Waals surface area (Å²) in [6.07, 6.45) is 3.17. The zero-order valence-corrected chi connectivity index (χ0v) is 10.3. The van der Waals surface area contributed by atoms with Gasteiger partial charge in [-0.05, 0) is 39.5 Å². The minimum Gasteiger partial charge on any atom is -0.458 e. The van der Waals surface area contributed by atoms with E-state index in [9.17, 15) is 9.59 Å². The quantitative estimate of drug-likeness (QED) is 0.545. The lowest BCUT2D eigenvalue weighted by Gasteiger charge is -2.38. The predicted molar refractivity (Wildman–Crippen MR) is 61.1 cm³/mol. The number of rotatable bonds is 2. The summed E-state index contributed by atoms with van der Waals surface area (Å²) >= 11 is 0. The average Bonchev–Trinajstić information content (AvgIpc) is 2.53. The summed E-state index contributed by atoms with van der Waals surface area (Å²) in [7, 11) is 0. The number of hydrogen-bond acceptors (Lipinski definition) is 4. The van der Waals surface area contributed by atoms with Crippen LogP contribution >= 0.6 is 0 Å². The lowest BCUT2D eigenvalue weighted by atomic mass is 9.76. The highest BCUT2D eigenvalue weighted by Gasteiger charge is 2.58. The Bertz CT molecular complexity index is 374. The molecular weight excluding hydrogens is 220 g/mol. The van der Waals surface area contributed by atoms with Gasteiger partial charge in [-0.15, -0.1) is 0 Å². The van der Waals surface area contributed by atoms with E-state index in [2.05, 4.69) is 6.58 Å². The van der Waals surface area contributed by atoms with Gasteiger partial charge in [-0.2, -0.15) is 0 Å². The molecule has 1 aliphatic carbocycles. The number of esters is 2. The molecule has 0 aromatic rings. The van der Waals surface area contributed by atoms with Crippen LogP contribution in [-0.4, -0.2) is 23.6 Å². The molecule has 1 heterocycles. The molecule has 2 fully saturated rings. The molecular formula is C13H18O4. The standard InChI is InChI=1S/C13H18O4/c1-8(2)11(14)17-13-7-5-4-6-10(13)16-12(15)9(13)3/h9-10H,1,4-7H2,2-3H3. The Morgan fingerprint density at radius 2 is 2.24 bits per heavy atom. The van der Waals surface area contributed by atoms with Crippen LogP contribution in [0.4, 0.5) is 0 Å². The Kier molecular flexibility index (Phi) is 2.98. The summed E-state index contributed by atoms with van der Waals surface area (Å²) in [6.45, 7) is 6.96. The van der Waals surface area contributed by atoms with Gasteiger partial charge in [0.25, 0.3) is 0 Å². The molecule has 17 heavy (non-hydrogen) atoms. The molecule has 0 spiro atoms.